The second kappa shape index (κ2) is 5.07. The van der Waals surface area contributed by atoms with Crippen molar-refractivity contribution in [2.75, 3.05) is 13.1 Å². The van der Waals surface area contributed by atoms with Gasteiger partial charge in [-0.05, 0) is 30.9 Å². The summed E-state index contributed by atoms with van der Waals surface area (Å²) in [7, 11) is 0. The topological polar surface area (TPSA) is 59.2 Å². The number of carbonyl (C=O) groups is 1. The zero-order valence-corrected chi connectivity index (χ0v) is 9.35. The van der Waals surface area contributed by atoms with Gasteiger partial charge in [-0.2, -0.15) is 0 Å². The summed E-state index contributed by atoms with van der Waals surface area (Å²) in [5.74, 6) is 0.0996. The molecule has 1 aromatic heterocycles. The molecule has 86 valence electrons. The average Bonchev–Trinajstić information content (AvgIpc) is 2.39. The van der Waals surface area contributed by atoms with Gasteiger partial charge in [0.2, 0.25) is 0 Å². The molecule has 2 heterocycles. The van der Waals surface area contributed by atoms with E-state index < -0.39 is 0 Å². The number of nitrogens with two attached hydrogens (primary N) is 1. The molecule has 0 spiro atoms. The molecule has 1 fully saturated rings. The molecule has 4 heteroatoms. The Morgan fingerprint density at radius 2 is 2.12 bits per heavy atom. The van der Waals surface area contributed by atoms with Crippen LogP contribution in [-0.2, 0) is 6.54 Å². The van der Waals surface area contributed by atoms with Crippen LogP contribution in [0.25, 0.3) is 0 Å². The van der Waals surface area contributed by atoms with Gasteiger partial charge in [0, 0.05) is 37.6 Å². The van der Waals surface area contributed by atoms with Gasteiger partial charge in [0.1, 0.15) is 0 Å². The van der Waals surface area contributed by atoms with Gasteiger partial charge in [0.15, 0.2) is 0 Å². The van der Waals surface area contributed by atoms with Gasteiger partial charge in [-0.1, -0.05) is 0 Å². The highest BCUT2D eigenvalue weighted by Gasteiger charge is 2.19. The first-order valence-electron chi connectivity index (χ1n) is 5.75. The minimum atomic E-state index is 0.0996. The van der Waals surface area contributed by atoms with E-state index in [1.54, 1.807) is 18.5 Å². The van der Waals surface area contributed by atoms with Crippen LogP contribution in [0.1, 0.15) is 35.2 Å². The van der Waals surface area contributed by atoms with Crippen molar-refractivity contribution in [3.8, 4) is 0 Å². The zero-order chi connectivity index (χ0) is 11.4. The number of amides is 1. The first kappa shape index (κ1) is 11.1. The molecule has 1 amide bonds. The molecule has 0 saturated carbocycles. The molecule has 0 aliphatic carbocycles. The molecular weight excluding hydrogens is 202 g/mol. The van der Waals surface area contributed by atoms with E-state index in [0.29, 0.717) is 12.1 Å². The molecule has 1 saturated heterocycles. The summed E-state index contributed by atoms with van der Waals surface area (Å²) in [6.45, 7) is 2.10. The molecule has 0 radical (unpaired) electrons. The molecular formula is C12H17N3O. The third-order valence-electron chi connectivity index (χ3n) is 3.00. The fourth-order valence-corrected chi connectivity index (χ4v) is 2.07. The van der Waals surface area contributed by atoms with Crippen LogP contribution in [0, 0.1) is 0 Å². The van der Waals surface area contributed by atoms with Crippen LogP contribution >= 0.6 is 0 Å². The van der Waals surface area contributed by atoms with Crippen molar-refractivity contribution in [3.05, 3.63) is 29.6 Å². The van der Waals surface area contributed by atoms with Gasteiger partial charge in [-0.3, -0.25) is 9.78 Å². The lowest BCUT2D eigenvalue weighted by molar-refractivity contribution is 0.0723. The monoisotopic (exact) mass is 219 g/mol. The Morgan fingerprint density at radius 3 is 2.81 bits per heavy atom. The maximum atomic E-state index is 12.2. The minimum Gasteiger partial charge on any atom is -0.339 e. The third-order valence-corrected chi connectivity index (χ3v) is 3.00. The quantitative estimate of drug-likeness (QED) is 0.812. The Hall–Kier alpha value is -1.42. The van der Waals surface area contributed by atoms with Crippen molar-refractivity contribution >= 4 is 5.91 Å². The zero-order valence-electron chi connectivity index (χ0n) is 9.35. The summed E-state index contributed by atoms with van der Waals surface area (Å²) in [5.41, 5.74) is 7.15. The minimum absolute atomic E-state index is 0.0996. The lowest BCUT2D eigenvalue weighted by Gasteiger charge is -2.27. The van der Waals surface area contributed by atoms with Crippen molar-refractivity contribution < 1.29 is 4.79 Å². The number of rotatable bonds is 2. The summed E-state index contributed by atoms with van der Waals surface area (Å²) in [5, 5.41) is 0. The summed E-state index contributed by atoms with van der Waals surface area (Å²) in [6.07, 6.45) is 6.76. The molecule has 1 aliphatic heterocycles. The van der Waals surface area contributed by atoms with Crippen molar-refractivity contribution in [1.29, 1.82) is 0 Å². The van der Waals surface area contributed by atoms with E-state index in [4.69, 9.17) is 5.73 Å². The number of likely N-dealkylation sites (tertiary alicyclic amines) is 1. The predicted molar refractivity (Wildman–Crippen MR) is 61.9 cm³/mol. The molecule has 4 nitrogen and oxygen atoms in total. The van der Waals surface area contributed by atoms with E-state index in [1.165, 1.54) is 6.42 Å². The second-order valence-corrected chi connectivity index (χ2v) is 4.09. The Kier molecular flexibility index (Phi) is 3.51. The molecule has 16 heavy (non-hydrogen) atoms. The predicted octanol–water partition coefficient (Wildman–Crippen LogP) is 1.17. The molecule has 1 aliphatic rings. The van der Waals surface area contributed by atoms with Gasteiger partial charge in [0.05, 0.1) is 0 Å². The number of hydrogen-bond donors (Lipinski definition) is 1. The average molecular weight is 219 g/mol. The molecule has 0 aromatic carbocycles. The number of nitrogens with zero attached hydrogens (tertiary/aromatic N) is 2. The number of pyridine rings is 1. The second-order valence-electron chi connectivity index (χ2n) is 4.09. The summed E-state index contributed by atoms with van der Waals surface area (Å²) >= 11 is 0. The van der Waals surface area contributed by atoms with E-state index in [1.807, 2.05) is 4.90 Å². The van der Waals surface area contributed by atoms with Crippen LogP contribution in [0.4, 0.5) is 0 Å². The third kappa shape index (κ3) is 2.22. The normalized spacial score (nSPS) is 16.2. The molecule has 0 bridgehead atoms. The number of aromatic nitrogens is 1. The summed E-state index contributed by atoms with van der Waals surface area (Å²) < 4.78 is 0. The molecule has 2 N–H and O–H groups in total. The van der Waals surface area contributed by atoms with Crippen molar-refractivity contribution in [2.24, 2.45) is 5.73 Å². The smallest absolute Gasteiger partial charge is 0.254 e. The number of hydrogen-bond acceptors (Lipinski definition) is 3. The van der Waals surface area contributed by atoms with E-state index in [9.17, 15) is 4.79 Å². The van der Waals surface area contributed by atoms with Crippen molar-refractivity contribution in [2.45, 2.75) is 25.8 Å². The number of carbonyl (C=O) groups excluding carboxylic acids is 1. The maximum absolute atomic E-state index is 12.2. The first-order valence-corrected chi connectivity index (χ1v) is 5.75. The standard InChI is InChI=1S/C12H17N3O/c13-8-10-9-14-5-4-11(10)12(16)15-6-2-1-3-7-15/h4-5,9H,1-3,6-8,13H2. The Balaban J connectivity index is 2.19. The summed E-state index contributed by atoms with van der Waals surface area (Å²) in [6, 6.07) is 1.76. The van der Waals surface area contributed by atoms with Gasteiger partial charge in [-0.15, -0.1) is 0 Å². The molecule has 0 atom stereocenters. The van der Waals surface area contributed by atoms with Crippen LogP contribution in [0.5, 0.6) is 0 Å². The van der Waals surface area contributed by atoms with Crippen LogP contribution in [0.2, 0.25) is 0 Å². The fraction of sp³-hybridized carbons (Fsp3) is 0.500. The lowest BCUT2D eigenvalue weighted by atomic mass is 10.1. The van der Waals surface area contributed by atoms with Gasteiger partial charge < -0.3 is 10.6 Å². The van der Waals surface area contributed by atoms with E-state index >= 15 is 0 Å². The SMILES string of the molecule is NCc1cnccc1C(=O)N1CCCCC1. The Morgan fingerprint density at radius 1 is 1.38 bits per heavy atom. The highest BCUT2D eigenvalue weighted by Crippen LogP contribution is 2.15. The Bertz CT molecular complexity index is 372. The van der Waals surface area contributed by atoms with Gasteiger partial charge >= 0.3 is 0 Å². The van der Waals surface area contributed by atoms with Gasteiger partial charge in [0.25, 0.3) is 5.91 Å². The highest BCUT2D eigenvalue weighted by atomic mass is 16.2. The van der Waals surface area contributed by atoms with Crippen molar-refractivity contribution in [3.63, 3.8) is 0 Å². The number of piperidine rings is 1. The largest absolute Gasteiger partial charge is 0.339 e. The molecule has 2 rings (SSSR count). The highest BCUT2D eigenvalue weighted by molar-refractivity contribution is 5.95. The van der Waals surface area contributed by atoms with E-state index in [2.05, 4.69) is 4.98 Å². The van der Waals surface area contributed by atoms with Crippen LogP contribution in [-0.4, -0.2) is 28.9 Å². The fourth-order valence-electron chi connectivity index (χ4n) is 2.07. The van der Waals surface area contributed by atoms with Gasteiger partial charge in [-0.25, -0.2) is 0 Å². The van der Waals surface area contributed by atoms with Crippen LogP contribution in [0.15, 0.2) is 18.5 Å². The van der Waals surface area contributed by atoms with E-state index in [0.717, 1.165) is 31.5 Å². The van der Waals surface area contributed by atoms with E-state index in [-0.39, 0.29) is 5.91 Å². The lowest BCUT2D eigenvalue weighted by Crippen LogP contribution is -2.36. The van der Waals surface area contributed by atoms with Crippen molar-refractivity contribution in [1.82, 2.24) is 9.88 Å². The van der Waals surface area contributed by atoms with Crippen LogP contribution in [0.3, 0.4) is 0 Å². The Labute approximate surface area is 95.5 Å². The van der Waals surface area contributed by atoms with Crippen LogP contribution < -0.4 is 5.73 Å². The first-order chi connectivity index (χ1) is 7.83. The summed E-state index contributed by atoms with van der Waals surface area (Å²) in [4.78, 5) is 18.1. The molecule has 1 aromatic rings. The molecule has 0 unspecified atom stereocenters. The maximum Gasteiger partial charge on any atom is 0.254 e.